The van der Waals surface area contributed by atoms with Gasteiger partial charge in [0.2, 0.25) is 0 Å². The molecule has 2 aliphatic heterocycles. The van der Waals surface area contributed by atoms with Gasteiger partial charge in [0.15, 0.2) is 0 Å². The van der Waals surface area contributed by atoms with E-state index in [1.165, 1.54) is 11.1 Å². The van der Waals surface area contributed by atoms with E-state index in [-0.39, 0.29) is 5.91 Å². The van der Waals surface area contributed by atoms with Crippen molar-refractivity contribution in [3.8, 4) is 0 Å². The number of imide groups is 1. The normalized spacial score (nSPS) is 22.4. The predicted molar refractivity (Wildman–Crippen MR) is 87.0 cm³/mol. The lowest BCUT2D eigenvalue weighted by atomic mass is 9.87. The number of nitrogens with zero attached hydrogens (tertiary/aromatic N) is 2. The zero-order valence-corrected chi connectivity index (χ0v) is 12.8. The number of β-lactam (4-membered cyclic amide) rings is 1. The van der Waals surface area contributed by atoms with E-state index in [1.54, 1.807) is 24.3 Å². The Hall–Kier alpha value is -3.21. The maximum absolute atomic E-state index is 12.7. The van der Waals surface area contributed by atoms with Crippen LogP contribution in [0.25, 0.3) is 0 Å². The van der Waals surface area contributed by atoms with E-state index in [0.29, 0.717) is 11.1 Å². The van der Waals surface area contributed by atoms with Crippen LogP contribution in [0.2, 0.25) is 0 Å². The van der Waals surface area contributed by atoms with Gasteiger partial charge in [-0.25, -0.2) is 0 Å². The van der Waals surface area contributed by atoms with Gasteiger partial charge in [-0.2, -0.15) is 0 Å². The number of rotatable bonds is 3. The van der Waals surface area contributed by atoms with Crippen molar-refractivity contribution in [1.82, 2.24) is 9.80 Å². The standard InChI is InChI=1S/C19H14N2O3/c1-2-20-15(12-8-4-3-5-9-12)16(19(20)24)21-17(22)13-10-6-7-11-14(13)18(21)23/h2-11,15-16H,1H2/t15-,16+/m0/s1. The third-order valence-electron chi connectivity index (χ3n) is 4.55. The maximum Gasteiger partial charge on any atom is 0.262 e. The number of benzene rings is 2. The quantitative estimate of drug-likeness (QED) is 0.645. The lowest BCUT2D eigenvalue weighted by Crippen LogP contribution is -2.64. The van der Waals surface area contributed by atoms with E-state index >= 15 is 0 Å². The Kier molecular flexibility index (Phi) is 3.09. The smallest absolute Gasteiger partial charge is 0.262 e. The number of carbonyl (C=O) groups is 3. The van der Waals surface area contributed by atoms with Gasteiger partial charge in [0.1, 0.15) is 6.04 Å². The molecule has 2 aromatic carbocycles. The number of hydrogen-bond donors (Lipinski definition) is 0. The molecule has 0 unspecified atom stereocenters. The van der Waals surface area contributed by atoms with Crippen molar-refractivity contribution in [2.24, 2.45) is 0 Å². The lowest BCUT2D eigenvalue weighted by molar-refractivity contribution is -0.150. The Morgan fingerprint density at radius 2 is 1.33 bits per heavy atom. The second kappa shape index (κ2) is 5.16. The number of carbonyl (C=O) groups excluding carboxylic acids is 3. The van der Waals surface area contributed by atoms with Gasteiger partial charge in [-0.3, -0.25) is 19.3 Å². The van der Waals surface area contributed by atoms with Gasteiger partial charge < -0.3 is 4.90 Å². The Bertz CT molecular complexity index is 840. The first kappa shape index (κ1) is 14.4. The van der Waals surface area contributed by atoms with Gasteiger partial charge >= 0.3 is 0 Å². The third kappa shape index (κ3) is 1.78. The molecule has 1 fully saturated rings. The van der Waals surface area contributed by atoms with Crippen LogP contribution in [-0.4, -0.2) is 33.6 Å². The molecule has 2 heterocycles. The van der Waals surface area contributed by atoms with Gasteiger partial charge in [-0.1, -0.05) is 49.0 Å². The summed E-state index contributed by atoms with van der Waals surface area (Å²) in [7, 11) is 0. The zero-order valence-electron chi connectivity index (χ0n) is 12.8. The number of amides is 3. The molecule has 5 nitrogen and oxygen atoms in total. The van der Waals surface area contributed by atoms with Crippen LogP contribution in [0.3, 0.4) is 0 Å². The average molecular weight is 318 g/mol. The molecule has 3 amide bonds. The Morgan fingerprint density at radius 1 is 0.792 bits per heavy atom. The highest BCUT2D eigenvalue weighted by Gasteiger charge is 2.55. The molecule has 0 spiro atoms. The van der Waals surface area contributed by atoms with E-state index in [2.05, 4.69) is 6.58 Å². The third-order valence-corrected chi connectivity index (χ3v) is 4.55. The first-order chi connectivity index (χ1) is 11.6. The number of fused-ring (bicyclic) bond motifs is 1. The monoisotopic (exact) mass is 318 g/mol. The van der Waals surface area contributed by atoms with Crippen molar-refractivity contribution in [3.63, 3.8) is 0 Å². The topological polar surface area (TPSA) is 57.7 Å². The Morgan fingerprint density at radius 3 is 1.88 bits per heavy atom. The Labute approximate surface area is 138 Å². The fourth-order valence-electron chi connectivity index (χ4n) is 3.40. The van der Waals surface area contributed by atoms with Crippen LogP contribution in [-0.2, 0) is 4.79 Å². The van der Waals surface area contributed by atoms with E-state index in [1.807, 2.05) is 30.3 Å². The summed E-state index contributed by atoms with van der Waals surface area (Å²) in [5, 5.41) is 0. The van der Waals surface area contributed by atoms with Gasteiger partial charge in [0.05, 0.1) is 17.2 Å². The van der Waals surface area contributed by atoms with E-state index in [9.17, 15) is 14.4 Å². The summed E-state index contributed by atoms with van der Waals surface area (Å²) in [6, 6.07) is 14.7. The van der Waals surface area contributed by atoms with Crippen LogP contribution in [0.5, 0.6) is 0 Å². The molecule has 0 radical (unpaired) electrons. The molecule has 0 bridgehead atoms. The lowest BCUT2D eigenvalue weighted by Gasteiger charge is -2.48. The fraction of sp³-hybridized carbons (Fsp3) is 0.105. The minimum Gasteiger partial charge on any atom is -0.308 e. The molecule has 118 valence electrons. The first-order valence-corrected chi connectivity index (χ1v) is 7.61. The maximum atomic E-state index is 12.7. The summed E-state index contributed by atoms with van der Waals surface area (Å²) in [4.78, 5) is 40.4. The number of hydrogen-bond acceptors (Lipinski definition) is 3. The SMILES string of the molecule is C=CN1C(=O)[C@H](N2C(=O)c3ccccc3C2=O)[C@@H]1c1ccccc1. The van der Waals surface area contributed by atoms with Crippen molar-refractivity contribution in [2.75, 3.05) is 0 Å². The highest BCUT2D eigenvalue weighted by atomic mass is 16.2. The molecule has 2 atom stereocenters. The molecule has 5 heteroatoms. The van der Waals surface area contributed by atoms with E-state index in [0.717, 1.165) is 10.5 Å². The van der Waals surface area contributed by atoms with Crippen molar-refractivity contribution in [1.29, 1.82) is 0 Å². The molecule has 4 rings (SSSR count). The van der Waals surface area contributed by atoms with Crippen LogP contribution in [0.1, 0.15) is 32.3 Å². The summed E-state index contributed by atoms with van der Waals surface area (Å²) < 4.78 is 0. The van der Waals surface area contributed by atoms with Gasteiger partial charge in [-0.15, -0.1) is 0 Å². The molecular weight excluding hydrogens is 304 g/mol. The molecule has 0 saturated carbocycles. The van der Waals surface area contributed by atoms with Crippen LogP contribution in [0.4, 0.5) is 0 Å². The molecule has 0 aromatic heterocycles. The summed E-state index contributed by atoms with van der Waals surface area (Å²) in [6.07, 6.45) is 1.44. The summed E-state index contributed by atoms with van der Waals surface area (Å²) in [5.41, 5.74) is 1.55. The van der Waals surface area contributed by atoms with Crippen LogP contribution in [0.15, 0.2) is 67.4 Å². The minimum atomic E-state index is -0.835. The van der Waals surface area contributed by atoms with Gasteiger partial charge in [0.25, 0.3) is 17.7 Å². The fourth-order valence-corrected chi connectivity index (χ4v) is 3.40. The van der Waals surface area contributed by atoms with Crippen molar-refractivity contribution < 1.29 is 14.4 Å². The highest BCUT2D eigenvalue weighted by molar-refractivity contribution is 6.23. The number of likely N-dealkylation sites (tertiary alicyclic amines) is 1. The van der Waals surface area contributed by atoms with Crippen molar-refractivity contribution in [2.45, 2.75) is 12.1 Å². The zero-order chi connectivity index (χ0) is 16.8. The van der Waals surface area contributed by atoms with Crippen LogP contribution < -0.4 is 0 Å². The second-order valence-corrected chi connectivity index (χ2v) is 5.75. The molecule has 2 aliphatic rings. The second-order valence-electron chi connectivity index (χ2n) is 5.75. The summed E-state index contributed by atoms with van der Waals surface area (Å²) >= 11 is 0. The van der Waals surface area contributed by atoms with E-state index in [4.69, 9.17) is 0 Å². The predicted octanol–water partition coefficient (Wildman–Crippen LogP) is 2.38. The molecule has 0 N–H and O–H groups in total. The molecule has 0 aliphatic carbocycles. The summed E-state index contributed by atoms with van der Waals surface area (Å²) in [5.74, 6) is -1.13. The first-order valence-electron chi connectivity index (χ1n) is 7.61. The van der Waals surface area contributed by atoms with Crippen molar-refractivity contribution >= 4 is 17.7 Å². The Balaban J connectivity index is 1.76. The molecule has 24 heavy (non-hydrogen) atoms. The molecular formula is C19H14N2O3. The molecule has 2 aromatic rings. The highest BCUT2D eigenvalue weighted by Crippen LogP contribution is 2.41. The minimum absolute atomic E-state index is 0.298. The van der Waals surface area contributed by atoms with Crippen molar-refractivity contribution in [3.05, 3.63) is 84.1 Å². The van der Waals surface area contributed by atoms with Gasteiger partial charge in [-0.05, 0) is 17.7 Å². The van der Waals surface area contributed by atoms with Crippen LogP contribution in [0, 0.1) is 0 Å². The largest absolute Gasteiger partial charge is 0.308 e. The average Bonchev–Trinajstić information content (AvgIpc) is 2.86. The summed E-state index contributed by atoms with van der Waals surface area (Å²) in [6.45, 7) is 3.66. The van der Waals surface area contributed by atoms with Crippen LogP contribution >= 0.6 is 0 Å². The van der Waals surface area contributed by atoms with E-state index < -0.39 is 23.9 Å². The molecule has 1 saturated heterocycles. The van der Waals surface area contributed by atoms with Gasteiger partial charge in [0, 0.05) is 6.20 Å².